The molecule has 0 aromatic carbocycles. The van der Waals surface area contributed by atoms with E-state index in [0.717, 1.165) is 12.8 Å². The number of allylic oxidation sites excluding steroid dienone is 2. The summed E-state index contributed by atoms with van der Waals surface area (Å²) in [5.74, 6) is 0.0208. The van der Waals surface area contributed by atoms with E-state index in [2.05, 4.69) is 26.0 Å². The number of hydrogen-bond acceptors (Lipinski definition) is 4. The van der Waals surface area contributed by atoms with Gasteiger partial charge in [0.05, 0.1) is 6.61 Å². The van der Waals surface area contributed by atoms with Gasteiger partial charge in [-0.25, -0.2) is 0 Å². The van der Waals surface area contributed by atoms with Gasteiger partial charge in [-0.3, -0.25) is 13.9 Å². The minimum Gasteiger partial charge on any atom is -1.00 e. The van der Waals surface area contributed by atoms with E-state index >= 15 is 0 Å². The number of esters is 1. The van der Waals surface area contributed by atoms with E-state index in [-0.39, 0.29) is 37.0 Å². The molecular weight excluding hydrogens is 583 g/mol. The molecule has 44 heavy (non-hydrogen) atoms. The number of carbonyl (C=O) groups is 1. The summed E-state index contributed by atoms with van der Waals surface area (Å²) in [7, 11) is -4.67. The molecule has 0 aliphatic carbocycles. The molecular formula is C36H73NaO6S. The van der Waals surface area contributed by atoms with Crippen molar-refractivity contribution >= 4 is 16.4 Å². The van der Waals surface area contributed by atoms with Crippen molar-refractivity contribution in [1.82, 2.24) is 0 Å². The Balaban J connectivity index is -0.00000110. The van der Waals surface area contributed by atoms with Gasteiger partial charge in [-0.05, 0) is 38.5 Å². The van der Waals surface area contributed by atoms with Crippen molar-refractivity contribution in [3.63, 3.8) is 0 Å². The van der Waals surface area contributed by atoms with E-state index in [9.17, 15) is 4.79 Å². The van der Waals surface area contributed by atoms with E-state index in [0.29, 0.717) is 13.0 Å². The first-order valence-electron chi connectivity index (χ1n) is 18.3. The van der Waals surface area contributed by atoms with E-state index in [1.807, 2.05) is 0 Å². The van der Waals surface area contributed by atoms with Crippen LogP contribution in [0, 0.1) is 0 Å². The SMILES string of the molecule is CCCCCCCC/C=C\CCCCCCCCOC(=O)CCCCCCCCCCCCCCCCC.O=S(=O)(O)O.[H-].[Na+]. The van der Waals surface area contributed by atoms with Crippen molar-refractivity contribution < 1.29 is 58.0 Å². The van der Waals surface area contributed by atoms with Gasteiger partial charge in [-0.2, -0.15) is 8.42 Å². The molecule has 0 aromatic rings. The minimum absolute atomic E-state index is 0. The summed E-state index contributed by atoms with van der Waals surface area (Å²) in [6, 6.07) is 0. The van der Waals surface area contributed by atoms with Gasteiger partial charge >= 0.3 is 45.9 Å². The van der Waals surface area contributed by atoms with Crippen LogP contribution in [0.3, 0.4) is 0 Å². The van der Waals surface area contributed by atoms with Crippen molar-refractivity contribution in [3.8, 4) is 0 Å². The second kappa shape index (κ2) is 41.1. The van der Waals surface area contributed by atoms with E-state index < -0.39 is 10.4 Å². The summed E-state index contributed by atoms with van der Waals surface area (Å²) in [5, 5.41) is 0. The van der Waals surface area contributed by atoms with Crippen LogP contribution in [-0.4, -0.2) is 30.1 Å². The Hall–Kier alpha value is 0.0800. The number of hydrogen-bond donors (Lipinski definition) is 2. The molecule has 260 valence electrons. The number of carbonyl (C=O) groups excluding carboxylic acids is 1. The molecule has 0 unspecified atom stereocenters. The number of rotatable bonds is 32. The summed E-state index contributed by atoms with van der Waals surface area (Å²) < 4.78 is 37.0. The Morgan fingerprint density at radius 3 is 1.14 bits per heavy atom. The number of ether oxygens (including phenoxy) is 1. The second-order valence-electron chi connectivity index (χ2n) is 12.3. The first-order chi connectivity index (χ1) is 20.8. The molecule has 0 spiro atoms. The normalized spacial score (nSPS) is 11.3. The maximum atomic E-state index is 11.9. The zero-order valence-electron chi connectivity index (χ0n) is 30.5. The topological polar surface area (TPSA) is 101 Å². The fourth-order valence-corrected chi connectivity index (χ4v) is 5.25. The number of unbranched alkanes of at least 4 members (excludes halogenated alkanes) is 26. The molecule has 0 aliphatic rings. The third-order valence-electron chi connectivity index (χ3n) is 7.90. The monoisotopic (exact) mass is 657 g/mol. The molecule has 0 atom stereocenters. The quantitative estimate of drug-likeness (QED) is 0.0246. The standard InChI is InChI=1S/C36H70O2.Na.H2O4S.H/c1-3-5-7-9-11-13-15-17-19-21-23-25-27-29-31-33-35-38-36(37)34-32-30-28-26-24-22-20-18-16-14-12-10-8-6-4-2;;1-5(2,3)4;/h17,19H,3-16,18,20-35H2,1-2H3;;(H2,1,2,3,4);/q;+1;;-1/b19-17-;;;. The van der Waals surface area contributed by atoms with E-state index in [1.54, 1.807) is 0 Å². The second-order valence-corrected chi connectivity index (χ2v) is 13.2. The smallest absolute Gasteiger partial charge is 1.00 e. The molecule has 0 saturated carbocycles. The molecule has 0 heterocycles. The minimum atomic E-state index is -4.67. The molecule has 8 heteroatoms. The molecule has 0 rings (SSSR count). The van der Waals surface area contributed by atoms with Gasteiger partial charge in [-0.1, -0.05) is 174 Å². The van der Waals surface area contributed by atoms with E-state index in [1.165, 1.54) is 173 Å². The Kier molecular flexibility index (Phi) is 45.3. The van der Waals surface area contributed by atoms with Crippen LogP contribution in [0.2, 0.25) is 0 Å². The summed E-state index contributed by atoms with van der Waals surface area (Å²) in [6.45, 7) is 5.19. The van der Waals surface area contributed by atoms with Crippen LogP contribution < -0.4 is 29.6 Å². The van der Waals surface area contributed by atoms with Gasteiger partial charge in [0.1, 0.15) is 0 Å². The Morgan fingerprint density at radius 1 is 0.523 bits per heavy atom. The maximum absolute atomic E-state index is 11.9. The van der Waals surface area contributed by atoms with Crippen molar-refractivity contribution in [1.29, 1.82) is 0 Å². The van der Waals surface area contributed by atoms with Crippen LogP contribution in [0.4, 0.5) is 0 Å². The molecule has 0 fully saturated rings. The summed E-state index contributed by atoms with van der Waals surface area (Å²) >= 11 is 0. The Labute approximate surface area is 298 Å². The fraction of sp³-hybridized carbons (Fsp3) is 0.917. The van der Waals surface area contributed by atoms with Crippen LogP contribution in [0.15, 0.2) is 12.2 Å². The average Bonchev–Trinajstić information content (AvgIpc) is 2.96. The van der Waals surface area contributed by atoms with Gasteiger partial charge in [0.2, 0.25) is 0 Å². The van der Waals surface area contributed by atoms with Crippen molar-refractivity contribution in [2.45, 2.75) is 206 Å². The largest absolute Gasteiger partial charge is 1.00 e. The van der Waals surface area contributed by atoms with Crippen molar-refractivity contribution in [3.05, 3.63) is 12.2 Å². The molecule has 0 bridgehead atoms. The van der Waals surface area contributed by atoms with Crippen molar-refractivity contribution in [2.75, 3.05) is 6.61 Å². The molecule has 2 N–H and O–H groups in total. The van der Waals surface area contributed by atoms with Gasteiger partial charge in [0, 0.05) is 6.42 Å². The van der Waals surface area contributed by atoms with Gasteiger partial charge in [0.15, 0.2) is 0 Å². The zero-order chi connectivity index (χ0) is 32.1. The van der Waals surface area contributed by atoms with Gasteiger partial charge in [0.25, 0.3) is 0 Å². The summed E-state index contributed by atoms with van der Waals surface area (Å²) in [6.07, 6.45) is 44.1. The Bertz CT molecular complexity index is 683. The first kappa shape index (κ1) is 48.5. The van der Waals surface area contributed by atoms with Crippen LogP contribution in [0.1, 0.15) is 208 Å². The van der Waals surface area contributed by atoms with Gasteiger partial charge in [-0.15, -0.1) is 0 Å². The summed E-state index contributed by atoms with van der Waals surface area (Å²) in [4.78, 5) is 11.9. The Morgan fingerprint density at radius 2 is 0.795 bits per heavy atom. The first-order valence-corrected chi connectivity index (χ1v) is 19.7. The molecule has 0 saturated heterocycles. The zero-order valence-corrected chi connectivity index (χ0v) is 32.3. The molecule has 0 aromatic heterocycles. The third kappa shape index (κ3) is 54.6. The third-order valence-corrected chi connectivity index (χ3v) is 7.90. The fourth-order valence-electron chi connectivity index (χ4n) is 5.25. The van der Waals surface area contributed by atoms with Crippen LogP contribution >= 0.6 is 0 Å². The van der Waals surface area contributed by atoms with Crippen LogP contribution in [0.5, 0.6) is 0 Å². The van der Waals surface area contributed by atoms with Crippen LogP contribution in [-0.2, 0) is 19.9 Å². The predicted molar refractivity (Wildman–Crippen MR) is 185 cm³/mol. The van der Waals surface area contributed by atoms with E-state index in [4.69, 9.17) is 22.3 Å². The molecule has 0 aliphatic heterocycles. The molecule has 0 amide bonds. The molecule has 0 radical (unpaired) electrons. The predicted octanol–water partition coefficient (Wildman–Crippen LogP) is 9.29. The maximum Gasteiger partial charge on any atom is 1.00 e. The van der Waals surface area contributed by atoms with Gasteiger partial charge < -0.3 is 6.16 Å². The average molecular weight is 657 g/mol. The van der Waals surface area contributed by atoms with Crippen molar-refractivity contribution in [2.24, 2.45) is 0 Å². The molecule has 6 nitrogen and oxygen atoms in total. The summed E-state index contributed by atoms with van der Waals surface area (Å²) in [5.41, 5.74) is 0. The van der Waals surface area contributed by atoms with Crippen LogP contribution in [0.25, 0.3) is 0 Å².